The van der Waals surface area contributed by atoms with E-state index in [0.717, 1.165) is 12.1 Å². The van der Waals surface area contributed by atoms with Gasteiger partial charge >= 0.3 is 5.69 Å². The lowest BCUT2D eigenvalue weighted by Crippen LogP contribution is -2.22. The number of anilines is 1. The summed E-state index contributed by atoms with van der Waals surface area (Å²) >= 11 is 1.21. The number of nitrogens with zero attached hydrogens (tertiary/aromatic N) is 1. The van der Waals surface area contributed by atoms with Crippen LogP contribution in [-0.2, 0) is 4.79 Å². The Bertz CT molecular complexity index is 738. The topological polar surface area (TPSA) is 72.2 Å². The zero-order chi connectivity index (χ0) is 17.0. The fourth-order valence-electron chi connectivity index (χ4n) is 1.75. The van der Waals surface area contributed by atoms with Gasteiger partial charge in [-0.25, -0.2) is 4.39 Å². The lowest BCUT2D eigenvalue weighted by Gasteiger charge is -2.12. The quantitative estimate of drug-likeness (QED) is 0.508. The molecule has 0 radical (unpaired) electrons. The monoisotopic (exact) mass is 338 g/mol. The molecule has 0 saturated heterocycles. The Morgan fingerprint density at radius 2 is 1.87 bits per heavy atom. The predicted octanol–water partition coefficient (Wildman–Crippen LogP) is 3.99. The van der Waals surface area contributed by atoms with Crippen LogP contribution < -0.4 is 5.32 Å². The summed E-state index contributed by atoms with van der Waals surface area (Å²) in [6.45, 7) is 1.64. The molecule has 0 aliphatic heterocycles. The molecule has 0 heterocycles. The van der Waals surface area contributed by atoms with E-state index < -0.39 is 27.6 Å². The molecule has 1 atom stereocenters. The van der Waals surface area contributed by atoms with E-state index in [0.29, 0.717) is 4.90 Å². The highest BCUT2D eigenvalue weighted by Crippen LogP contribution is 2.26. The molecule has 0 saturated carbocycles. The van der Waals surface area contributed by atoms with Gasteiger partial charge in [-0.05, 0) is 43.3 Å². The van der Waals surface area contributed by atoms with Crippen LogP contribution in [0.4, 0.5) is 20.2 Å². The van der Waals surface area contributed by atoms with Gasteiger partial charge in [0, 0.05) is 16.6 Å². The van der Waals surface area contributed by atoms with Crippen molar-refractivity contribution in [2.24, 2.45) is 0 Å². The number of nitro groups is 1. The van der Waals surface area contributed by atoms with Crippen LogP contribution in [0.1, 0.15) is 6.92 Å². The van der Waals surface area contributed by atoms with Gasteiger partial charge in [-0.15, -0.1) is 11.8 Å². The van der Waals surface area contributed by atoms with Crippen LogP contribution in [0.3, 0.4) is 0 Å². The van der Waals surface area contributed by atoms with Gasteiger partial charge in [0.1, 0.15) is 5.82 Å². The van der Waals surface area contributed by atoms with E-state index in [1.807, 2.05) is 0 Å². The van der Waals surface area contributed by atoms with Crippen molar-refractivity contribution in [3.05, 3.63) is 64.2 Å². The molecule has 0 fully saturated rings. The first-order valence-corrected chi connectivity index (χ1v) is 7.42. The first-order chi connectivity index (χ1) is 10.9. The van der Waals surface area contributed by atoms with Gasteiger partial charge in [0.15, 0.2) is 0 Å². The Balaban J connectivity index is 2.04. The number of benzene rings is 2. The molecule has 5 nitrogen and oxygen atoms in total. The standard InChI is InChI=1S/C15H12F2N2O3S/c1-9(23-12-5-2-10(16)3-6-12)15(20)18-11-4-7-13(17)14(8-11)19(21)22/h2-9H,1H3,(H,18,20). The van der Waals surface area contributed by atoms with Gasteiger partial charge < -0.3 is 5.32 Å². The Hall–Kier alpha value is -2.48. The largest absolute Gasteiger partial charge is 0.325 e. The maximum Gasteiger partial charge on any atom is 0.306 e. The summed E-state index contributed by atoms with van der Waals surface area (Å²) in [4.78, 5) is 22.6. The van der Waals surface area contributed by atoms with E-state index in [1.165, 1.54) is 30.0 Å². The Labute approximate surface area is 134 Å². The van der Waals surface area contributed by atoms with Crippen molar-refractivity contribution in [2.45, 2.75) is 17.1 Å². The zero-order valence-corrected chi connectivity index (χ0v) is 12.8. The van der Waals surface area contributed by atoms with Crippen LogP contribution in [0.2, 0.25) is 0 Å². The number of nitro benzene ring substituents is 1. The zero-order valence-electron chi connectivity index (χ0n) is 12.0. The van der Waals surface area contributed by atoms with Crippen LogP contribution >= 0.6 is 11.8 Å². The summed E-state index contributed by atoms with van der Waals surface area (Å²) in [5, 5.41) is 12.6. The van der Waals surface area contributed by atoms with Crippen molar-refractivity contribution in [3.8, 4) is 0 Å². The molecule has 1 unspecified atom stereocenters. The molecular weight excluding hydrogens is 326 g/mol. The molecule has 2 rings (SSSR count). The van der Waals surface area contributed by atoms with Gasteiger partial charge in [-0.1, -0.05) is 0 Å². The van der Waals surface area contributed by atoms with Crippen molar-refractivity contribution < 1.29 is 18.5 Å². The lowest BCUT2D eigenvalue weighted by atomic mass is 10.2. The van der Waals surface area contributed by atoms with E-state index >= 15 is 0 Å². The molecule has 0 aliphatic carbocycles. The number of halogens is 2. The first-order valence-electron chi connectivity index (χ1n) is 6.54. The average molecular weight is 338 g/mol. The normalized spacial score (nSPS) is 11.8. The summed E-state index contributed by atoms with van der Waals surface area (Å²) in [6, 6.07) is 8.80. The highest BCUT2D eigenvalue weighted by molar-refractivity contribution is 8.00. The minimum atomic E-state index is -0.971. The molecule has 120 valence electrons. The van der Waals surface area contributed by atoms with Crippen molar-refractivity contribution in [1.29, 1.82) is 0 Å². The SMILES string of the molecule is CC(Sc1ccc(F)cc1)C(=O)Nc1ccc(F)c([N+](=O)[O-])c1. The average Bonchev–Trinajstić information content (AvgIpc) is 2.51. The van der Waals surface area contributed by atoms with Gasteiger partial charge in [0.2, 0.25) is 11.7 Å². The predicted molar refractivity (Wildman–Crippen MR) is 83.4 cm³/mol. The summed E-state index contributed by atoms with van der Waals surface area (Å²) in [5.74, 6) is -1.74. The van der Waals surface area contributed by atoms with E-state index in [2.05, 4.69) is 5.32 Å². The number of nitrogens with one attached hydrogen (secondary N) is 1. The van der Waals surface area contributed by atoms with E-state index in [-0.39, 0.29) is 11.5 Å². The number of hydrogen-bond donors (Lipinski definition) is 1. The highest BCUT2D eigenvalue weighted by Gasteiger charge is 2.18. The van der Waals surface area contributed by atoms with Crippen LogP contribution in [0.25, 0.3) is 0 Å². The second kappa shape index (κ2) is 7.19. The second-order valence-corrected chi connectivity index (χ2v) is 6.04. The number of amides is 1. The van der Waals surface area contributed by atoms with Crippen molar-refractivity contribution in [3.63, 3.8) is 0 Å². The third-order valence-corrected chi connectivity index (χ3v) is 4.02. The Kier molecular flexibility index (Phi) is 5.28. The van der Waals surface area contributed by atoms with Gasteiger partial charge in [0.25, 0.3) is 0 Å². The number of rotatable bonds is 5. The summed E-state index contributed by atoms with van der Waals surface area (Å²) in [7, 11) is 0. The molecule has 8 heteroatoms. The lowest BCUT2D eigenvalue weighted by molar-refractivity contribution is -0.387. The van der Waals surface area contributed by atoms with Crippen molar-refractivity contribution in [1.82, 2.24) is 0 Å². The second-order valence-electron chi connectivity index (χ2n) is 4.63. The number of thioether (sulfide) groups is 1. The molecule has 1 amide bonds. The molecule has 0 aliphatic rings. The number of carbonyl (C=O) groups is 1. The van der Waals surface area contributed by atoms with Gasteiger partial charge in [0.05, 0.1) is 10.2 Å². The Morgan fingerprint density at radius 1 is 1.22 bits per heavy atom. The van der Waals surface area contributed by atoms with Crippen LogP contribution in [-0.4, -0.2) is 16.1 Å². The van der Waals surface area contributed by atoms with E-state index in [1.54, 1.807) is 19.1 Å². The highest BCUT2D eigenvalue weighted by atomic mass is 32.2. The number of hydrogen-bond acceptors (Lipinski definition) is 4. The van der Waals surface area contributed by atoms with Crippen LogP contribution in [0.5, 0.6) is 0 Å². The maximum absolute atomic E-state index is 13.2. The molecule has 1 N–H and O–H groups in total. The molecule has 2 aromatic carbocycles. The maximum atomic E-state index is 13.2. The van der Waals surface area contributed by atoms with Crippen molar-refractivity contribution in [2.75, 3.05) is 5.32 Å². The summed E-state index contributed by atoms with van der Waals surface area (Å²) in [6.07, 6.45) is 0. The smallest absolute Gasteiger partial charge is 0.306 e. The minimum absolute atomic E-state index is 0.134. The molecule has 23 heavy (non-hydrogen) atoms. The third kappa shape index (κ3) is 4.49. The molecule has 0 aromatic heterocycles. The minimum Gasteiger partial charge on any atom is -0.325 e. The first kappa shape index (κ1) is 16.9. The summed E-state index contributed by atoms with van der Waals surface area (Å²) < 4.78 is 26.1. The fourth-order valence-corrected chi connectivity index (χ4v) is 2.61. The van der Waals surface area contributed by atoms with Crippen molar-refractivity contribution >= 4 is 29.0 Å². The third-order valence-electron chi connectivity index (χ3n) is 2.91. The summed E-state index contributed by atoms with van der Waals surface area (Å²) in [5.41, 5.74) is -0.573. The Morgan fingerprint density at radius 3 is 2.48 bits per heavy atom. The molecule has 0 spiro atoms. The van der Waals surface area contributed by atoms with Crippen LogP contribution in [0, 0.1) is 21.7 Å². The number of carbonyl (C=O) groups excluding carboxylic acids is 1. The fraction of sp³-hybridized carbons (Fsp3) is 0.133. The van der Waals surface area contributed by atoms with Gasteiger partial charge in [-0.2, -0.15) is 4.39 Å². The van der Waals surface area contributed by atoms with Crippen LogP contribution in [0.15, 0.2) is 47.4 Å². The molecule has 2 aromatic rings. The van der Waals surface area contributed by atoms with E-state index in [4.69, 9.17) is 0 Å². The van der Waals surface area contributed by atoms with Gasteiger partial charge in [-0.3, -0.25) is 14.9 Å². The van der Waals surface area contributed by atoms with E-state index in [9.17, 15) is 23.7 Å². The molecule has 0 bridgehead atoms. The molecular formula is C15H12F2N2O3S.